The molecule has 0 bridgehead atoms. The third-order valence-corrected chi connectivity index (χ3v) is 0.912. The fourth-order valence-electron chi connectivity index (χ4n) is 0.316. The highest BCUT2D eigenvalue weighted by Crippen LogP contribution is 2.03. The molecule has 0 heterocycles. The highest BCUT2D eigenvalue weighted by atomic mass is 35.5. The fraction of sp³-hybridized carbons (Fsp3) is 0.857. The van der Waals surface area contributed by atoms with E-state index in [1.165, 1.54) is 6.92 Å². The maximum atomic E-state index is 10.3. The minimum atomic E-state index is -0.922. The van der Waals surface area contributed by atoms with Crippen LogP contribution in [-0.2, 0) is 9.63 Å². The Morgan fingerprint density at radius 2 is 1.92 bits per heavy atom. The van der Waals surface area contributed by atoms with Gasteiger partial charge in [0.15, 0.2) is 0 Å². The van der Waals surface area contributed by atoms with Crippen molar-refractivity contribution < 1.29 is 14.7 Å². The molecule has 1 atom stereocenters. The van der Waals surface area contributed by atoms with Crippen LogP contribution in [0.25, 0.3) is 0 Å². The van der Waals surface area contributed by atoms with Crippen molar-refractivity contribution in [2.24, 2.45) is 0 Å². The van der Waals surface area contributed by atoms with Crippen molar-refractivity contribution >= 4 is 18.4 Å². The lowest BCUT2D eigenvalue weighted by Gasteiger charge is -2.20. The lowest BCUT2D eigenvalue weighted by molar-refractivity contribution is -0.149. The van der Waals surface area contributed by atoms with Crippen molar-refractivity contribution in [3.8, 4) is 0 Å². The van der Waals surface area contributed by atoms with Gasteiger partial charge in [0, 0.05) is 0 Å². The zero-order valence-corrected chi connectivity index (χ0v) is 8.57. The molecular formula is C7H16ClNO3. The molecule has 0 rings (SSSR count). The van der Waals surface area contributed by atoms with E-state index in [-0.39, 0.29) is 18.0 Å². The Balaban J connectivity index is 0. The van der Waals surface area contributed by atoms with Crippen LogP contribution in [0, 0.1) is 0 Å². The van der Waals surface area contributed by atoms with Gasteiger partial charge in [0.1, 0.15) is 6.04 Å². The van der Waals surface area contributed by atoms with Gasteiger partial charge < -0.3 is 5.11 Å². The molecule has 74 valence electrons. The number of carboxylic acids is 1. The molecule has 0 aromatic heterocycles. The van der Waals surface area contributed by atoms with Crippen LogP contribution in [-0.4, -0.2) is 22.7 Å². The summed E-state index contributed by atoms with van der Waals surface area (Å²) in [5.41, 5.74) is 2.07. The summed E-state index contributed by atoms with van der Waals surface area (Å²) < 4.78 is 0. The smallest absolute Gasteiger partial charge is 0.322 e. The number of carbonyl (C=O) groups is 1. The molecule has 0 aromatic carbocycles. The van der Waals surface area contributed by atoms with Crippen LogP contribution >= 0.6 is 12.4 Å². The molecule has 4 nitrogen and oxygen atoms in total. The van der Waals surface area contributed by atoms with Gasteiger partial charge in [-0.15, -0.1) is 12.4 Å². The molecule has 0 aliphatic rings. The van der Waals surface area contributed by atoms with E-state index in [2.05, 4.69) is 5.48 Å². The number of hydrogen-bond acceptors (Lipinski definition) is 3. The monoisotopic (exact) mass is 197 g/mol. The quantitative estimate of drug-likeness (QED) is 0.668. The third kappa shape index (κ3) is 7.78. The predicted molar refractivity (Wildman–Crippen MR) is 48.3 cm³/mol. The average Bonchev–Trinajstić information content (AvgIpc) is 1.80. The van der Waals surface area contributed by atoms with E-state index in [0.29, 0.717) is 0 Å². The first kappa shape index (κ1) is 14.2. The van der Waals surface area contributed by atoms with E-state index in [1.54, 1.807) is 0 Å². The molecule has 0 aromatic rings. The minimum Gasteiger partial charge on any atom is -0.480 e. The van der Waals surface area contributed by atoms with E-state index in [1.807, 2.05) is 20.8 Å². The van der Waals surface area contributed by atoms with Crippen LogP contribution in [0.2, 0.25) is 0 Å². The summed E-state index contributed by atoms with van der Waals surface area (Å²) >= 11 is 0. The number of carboxylic acid groups (broad SMARTS) is 1. The van der Waals surface area contributed by atoms with Gasteiger partial charge in [0.25, 0.3) is 0 Å². The number of rotatable bonds is 3. The summed E-state index contributed by atoms with van der Waals surface area (Å²) in [5.74, 6) is -0.922. The Morgan fingerprint density at radius 3 is 2.17 bits per heavy atom. The van der Waals surface area contributed by atoms with E-state index >= 15 is 0 Å². The van der Waals surface area contributed by atoms with Crippen LogP contribution in [0.4, 0.5) is 0 Å². The number of hydroxylamine groups is 1. The van der Waals surface area contributed by atoms with Gasteiger partial charge in [-0.05, 0) is 27.7 Å². The molecular weight excluding hydrogens is 182 g/mol. The van der Waals surface area contributed by atoms with Crippen molar-refractivity contribution in [1.82, 2.24) is 5.48 Å². The summed E-state index contributed by atoms with van der Waals surface area (Å²) in [6.07, 6.45) is 0. The van der Waals surface area contributed by atoms with Gasteiger partial charge in [-0.2, -0.15) is 5.48 Å². The first-order chi connectivity index (χ1) is 4.83. The topological polar surface area (TPSA) is 58.6 Å². The maximum Gasteiger partial charge on any atom is 0.322 e. The average molecular weight is 198 g/mol. The highest BCUT2D eigenvalue weighted by molar-refractivity contribution is 5.85. The minimum absolute atomic E-state index is 0. The standard InChI is InChI=1S/C7H15NO3.ClH/c1-5(6(9)10)8-11-7(2,3)4;/h5,8H,1-4H3,(H,9,10);1H/t5-;/m0./s1. The van der Waals surface area contributed by atoms with E-state index in [0.717, 1.165) is 0 Å². The number of aliphatic carboxylic acids is 1. The van der Waals surface area contributed by atoms with Gasteiger partial charge in [0.05, 0.1) is 5.60 Å². The van der Waals surface area contributed by atoms with Crippen LogP contribution < -0.4 is 5.48 Å². The van der Waals surface area contributed by atoms with Crippen molar-refractivity contribution in [3.63, 3.8) is 0 Å². The third-order valence-electron chi connectivity index (χ3n) is 0.912. The molecule has 0 spiro atoms. The van der Waals surface area contributed by atoms with Crippen molar-refractivity contribution in [2.75, 3.05) is 0 Å². The molecule has 0 saturated carbocycles. The Morgan fingerprint density at radius 1 is 1.50 bits per heavy atom. The number of halogens is 1. The lowest BCUT2D eigenvalue weighted by atomic mass is 10.2. The normalized spacial score (nSPS) is 13.3. The van der Waals surface area contributed by atoms with Gasteiger partial charge >= 0.3 is 5.97 Å². The molecule has 12 heavy (non-hydrogen) atoms. The number of hydrogen-bond donors (Lipinski definition) is 2. The van der Waals surface area contributed by atoms with E-state index < -0.39 is 12.0 Å². The molecule has 0 aliphatic heterocycles. The van der Waals surface area contributed by atoms with Crippen molar-refractivity contribution in [2.45, 2.75) is 39.3 Å². The second-order valence-electron chi connectivity index (χ2n) is 3.39. The molecule has 5 heteroatoms. The largest absolute Gasteiger partial charge is 0.480 e. The summed E-state index contributed by atoms with van der Waals surface area (Å²) in [5, 5.41) is 8.44. The second kappa shape index (κ2) is 5.35. The zero-order chi connectivity index (χ0) is 9.07. The fourth-order valence-corrected chi connectivity index (χ4v) is 0.316. The van der Waals surface area contributed by atoms with Crippen molar-refractivity contribution in [3.05, 3.63) is 0 Å². The lowest BCUT2D eigenvalue weighted by Crippen LogP contribution is -2.39. The van der Waals surface area contributed by atoms with Crippen LogP contribution in [0.3, 0.4) is 0 Å². The number of nitrogens with one attached hydrogen (secondary N) is 1. The summed E-state index contributed by atoms with van der Waals surface area (Å²) in [7, 11) is 0. The molecule has 0 aliphatic carbocycles. The van der Waals surface area contributed by atoms with Gasteiger partial charge in [0.2, 0.25) is 0 Å². The summed E-state index contributed by atoms with van der Waals surface area (Å²) in [4.78, 5) is 15.3. The van der Waals surface area contributed by atoms with E-state index in [4.69, 9.17) is 9.94 Å². The first-order valence-corrected chi connectivity index (χ1v) is 3.49. The van der Waals surface area contributed by atoms with Gasteiger partial charge in [-0.1, -0.05) is 0 Å². The first-order valence-electron chi connectivity index (χ1n) is 3.49. The summed E-state index contributed by atoms with van der Waals surface area (Å²) in [6.45, 7) is 7.05. The molecule has 0 unspecified atom stereocenters. The Hall–Kier alpha value is -0.320. The van der Waals surface area contributed by atoms with Crippen LogP contribution in [0.5, 0.6) is 0 Å². The molecule has 0 saturated heterocycles. The highest BCUT2D eigenvalue weighted by Gasteiger charge is 2.15. The zero-order valence-electron chi connectivity index (χ0n) is 7.75. The molecule has 0 fully saturated rings. The van der Waals surface area contributed by atoms with Gasteiger partial charge in [-0.25, -0.2) is 0 Å². The van der Waals surface area contributed by atoms with Crippen LogP contribution in [0.15, 0.2) is 0 Å². The Bertz CT molecular complexity index is 144. The van der Waals surface area contributed by atoms with E-state index in [9.17, 15) is 4.79 Å². The van der Waals surface area contributed by atoms with Crippen molar-refractivity contribution in [1.29, 1.82) is 0 Å². The second-order valence-corrected chi connectivity index (χ2v) is 3.39. The molecule has 0 radical (unpaired) electrons. The summed E-state index contributed by atoms with van der Waals surface area (Å²) in [6, 6.07) is -0.672. The molecule has 2 N–H and O–H groups in total. The Kier molecular flexibility index (Phi) is 6.34. The van der Waals surface area contributed by atoms with Gasteiger partial charge in [-0.3, -0.25) is 9.63 Å². The van der Waals surface area contributed by atoms with Crippen LogP contribution in [0.1, 0.15) is 27.7 Å². The molecule has 0 amide bonds. The predicted octanol–water partition coefficient (Wildman–Crippen LogP) is 1.20. The maximum absolute atomic E-state index is 10.3. The SMILES string of the molecule is C[C@H](NOC(C)(C)C)C(=O)O.Cl. The Labute approximate surface area is 78.7 Å².